The highest BCUT2D eigenvalue weighted by molar-refractivity contribution is 5.82. The molecule has 7 nitrogen and oxygen atoms in total. The first-order chi connectivity index (χ1) is 13.5. The molecule has 1 aliphatic heterocycles. The van der Waals surface area contributed by atoms with Crippen molar-refractivity contribution in [2.24, 2.45) is 34.0 Å². The molecule has 0 aromatic heterocycles. The molecule has 0 aromatic carbocycles. The van der Waals surface area contributed by atoms with Gasteiger partial charge in [0.1, 0.15) is 24.4 Å². The molecule has 7 heteroatoms. The van der Waals surface area contributed by atoms with Gasteiger partial charge in [0, 0.05) is 18.8 Å². The minimum absolute atomic E-state index is 0.121. The first kappa shape index (κ1) is 20.5. The Morgan fingerprint density at radius 1 is 1.34 bits per heavy atom. The van der Waals surface area contributed by atoms with Crippen LogP contribution < -0.4 is 0 Å². The van der Waals surface area contributed by atoms with Crippen LogP contribution in [0.25, 0.3) is 0 Å². The average molecular weight is 406 g/mol. The first-order valence-corrected chi connectivity index (χ1v) is 10.4. The minimum Gasteiger partial charge on any atom is -0.464 e. The summed E-state index contributed by atoms with van der Waals surface area (Å²) in [4.78, 5) is 37.5. The summed E-state index contributed by atoms with van der Waals surface area (Å²) >= 11 is 0. The zero-order chi connectivity index (χ0) is 21.4. The standard InChI is InChI=1S/C22H30O7/c1-11-13-7-14(25)17-21(8-13,18(11)26)19(27)28-10-22(17)15(9-23)20(3,4)6-5-16(22)29-12(2)24/h9,13-18,25-26H,1,5-8,10H2,2-4H3/t13-,14+,15-,16+,17-,18-,21+,22+/m1/s1. The quantitative estimate of drug-likeness (QED) is 0.405. The van der Waals surface area contributed by atoms with Gasteiger partial charge in [-0.25, -0.2) is 0 Å². The number of ether oxygens (including phenoxy) is 2. The zero-order valence-electron chi connectivity index (χ0n) is 17.2. The van der Waals surface area contributed by atoms with E-state index >= 15 is 0 Å². The maximum absolute atomic E-state index is 13.1. The summed E-state index contributed by atoms with van der Waals surface area (Å²) in [6, 6.07) is 0. The van der Waals surface area contributed by atoms with Crippen molar-refractivity contribution in [2.75, 3.05) is 6.61 Å². The lowest BCUT2D eigenvalue weighted by atomic mass is 9.43. The van der Waals surface area contributed by atoms with Gasteiger partial charge < -0.3 is 24.5 Å². The molecule has 0 aromatic rings. The number of carbonyl (C=O) groups excluding carboxylic acids is 3. The second-order valence-electron chi connectivity index (χ2n) is 10.1. The van der Waals surface area contributed by atoms with E-state index in [4.69, 9.17) is 9.47 Å². The van der Waals surface area contributed by atoms with Crippen LogP contribution in [0.1, 0.15) is 46.5 Å². The number of cyclic esters (lactones) is 1. The molecular weight excluding hydrogens is 376 g/mol. The molecule has 8 atom stereocenters. The molecule has 0 amide bonds. The molecule has 2 bridgehead atoms. The monoisotopic (exact) mass is 406 g/mol. The van der Waals surface area contributed by atoms with Crippen LogP contribution >= 0.6 is 0 Å². The van der Waals surface area contributed by atoms with Gasteiger partial charge in [-0.1, -0.05) is 20.4 Å². The largest absolute Gasteiger partial charge is 0.464 e. The lowest BCUT2D eigenvalue weighted by Crippen LogP contribution is -2.71. The predicted molar refractivity (Wildman–Crippen MR) is 101 cm³/mol. The molecule has 3 aliphatic carbocycles. The molecule has 1 heterocycles. The third-order valence-corrected chi connectivity index (χ3v) is 8.34. The Balaban J connectivity index is 1.95. The van der Waals surface area contributed by atoms with Gasteiger partial charge in [0.25, 0.3) is 0 Å². The van der Waals surface area contributed by atoms with E-state index in [-0.39, 0.29) is 12.5 Å². The summed E-state index contributed by atoms with van der Waals surface area (Å²) in [7, 11) is 0. The van der Waals surface area contributed by atoms with E-state index in [2.05, 4.69) is 6.58 Å². The number of hydrogen-bond donors (Lipinski definition) is 2. The van der Waals surface area contributed by atoms with Crippen molar-refractivity contribution in [3.8, 4) is 0 Å². The highest BCUT2D eigenvalue weighted by Crippen LogP contribution is 2.69. The van der Waals surface area contributed by atoms with Gasteiger partial charge in [-0.05, 0) is 42.6 Å². The second kappa shape index (κ2) is 6.38. The van der Waals surface area contributed by atoms with Crippen LogP contribution in [0.5, 0.6) is 0 Å². The van der Waals surface area contributed by atoms with Crippen LogP contribution in [0, 0.1) is 34.0 Å². The molecule has 29 heavy (non-hydrogen) atoms. The Kier molecular flexibility index (Phi) is 4.52. The third kappa shape index (κ3) is 2.46. The van der Waals surface area contributed by atoms with Gasteiger partial charge >= 0.3 is 11.9 Å². The molecule has 0 unspecified atom stereocenters. The minimum atomic E-state index is -1.37. The van der Waals surface area contributed by atoms with Gasteiger partial charge in [-0.3, -0.25) is 9.59 Å². The predicted octanol–water partition coefficient (Wildman–Crippen LogP) is 1.40. The number of rotatable bonds is 2. The highest BCUT2D eigenvalue weighted by Gasteiger charge is 2.76. The third-order valence-electron chi connectivity index (χ3n) is 8.34. The fraction of sp³-hybridized carbons (Fsp3) is 0.773. The molecule has 3 saturated carbocycles. The average Bonchev–Trinajstić information content (AvgIpc) is 2.83. The number of aldehydes is 1. The van der Waals surface area contributed by atoms with Gasteiger partial charge in [0.2, 0.25) is 0 Å². The second-order valence-corrected chi connectivity index (χ2v) is 10.1. The van der Waals surface area contributed by atoms with Gasteiger partial charge in [-0.2, -0.15) is 0 Å². The summed E-state index contributed by atoms with van der Waals surface area (Å²) in [5.74, 6) is -2.60. The topological polar surface area (TPSA) is 110 Å². The Morgan fingerprint density at radius 2 is 2.03 bits per heavy atom. The lowest BCUT2D eigenvalue weighted by molar-refractivity contribution is -0.265. The van der Waals surface area contributed by atoms with Crippen LogP contribution in [0.15, 0.2) is 12.2 Å². The molecule has 0 radical (unpaired) electrons. The van der Waals surface area contributed by atoms with Crippen molar-refractivity contribution >= 4 is 18.2 Å². The maximum atomic E-state index is 13.1. The van der Waals surface area contributed by atoms with Crippen molar-refractivity contribution in [3.63, 3.8) is 0 Å². The van der Waals surface area contributed by atoms with Gasteiger partial charge in [0.05, 0.1) is 17.6 Å². The van der Waals surface area contributed by atoms with E-state index in [1.54, 1.807) is 0 Å². The summed E-state index contributed by atoms with van der Waals surface area (Å²) in [6.45, 7) is 9.12. The molecule has 2 spiro atoms. The summed E-state index contributed by atoms with van der Waals surface area (Å²) < 4.78 is 11.4. The normalized spacial score (nSPS) is 48.0. The van der Waals surface area contributed by atoms with E-state index in [0.29, 0.717) is 31.3 Å². The maximum Gasteiger partial charge on any atom is 0.315 e. The molecule has 4 aliphatic rings. The van der Waals surface area contributed by atoms with E-state index in [1.165, 1.54) is 6.92 Å². The fourth-order valence-corrected chi connectivity index (χ4v) is 7.19. The summed E-state index contributed by atoms with van der Waals surface area (Å²) in [5, 5.41) is 22.4. The molecule has 2 N–H and O–H groups in total. The number of aliphatic hydroxyl groups excluding tert-OH is 2. The van der Waals surface area contributed by atoms with Crippen molar-refractivity contribution in [1.29, 1.82) is 0 Å². The Hall–Kier alpha value is -1.73. The van der Waals surface area contributed by atoms with E-state index < -0.39 is 58.3 Å². The van der Waals surface area contributed by atoms with Crippen LogP contribution in [0.2, 0.25) is 0 Å². The number of esters is 2. The van der Waals surface area contributed by atoms with Crippen molar-refractivity contribution in [2.45, 2.75) is 64.8 Å². The van der Waals surface area contributed by atoms with Crippen molar-refractivity contribution in [3.05, 3.63) is 12.2 Å². The molecule has 160 valence electrons. The van der Waals surface area contributed by atoms with Crippen LogP contribution in [-0.4, -0.2) is 53.4 Å². The number of hydrogen-bond acceptors (Lipinski definition) is 7. The first-order valence-electron chi connectivity index (χ1n) is 10.4. The number of fused-ring (bicyclic) bond motifs is 2. The van der Waals surface area contributed by atoms with E-state index in [1.807, 2.05) is 13.8 Å². The Labute approximate surface area is 170 Å². The van der Waals surface area contributed by atoms with E-state index in [9.17, 15) is 24.6 Å². The molecule has 1 saturated heterocycles. The lowest BCUT2D eigenvalue weighted by Gasteiger charge is -2.63. The Morgan fingerprint density at radius 3 is 2.66 bits per heavy atom. The van der Waals surface area contributed by atoms with Gasteiger partial charge in [-0.15, -0.1) is 0 Å². The smallest absolute Gasteiger partial charge is 0.315 e. The van der Waals surface area contributed by atoms with Crippen LogP contribution in [0.4, 0.5) is 0 Å². The SMILES string of the molecule is C=C1[C@@H]2C[C@H](O)[C@@H]3[C@](C2)(C(=O)OC[C@]32[C@@H](OC(C)=O)CCC(C)(C)[C@H]2C=O)[C@@H]1O. The van der Waals surface area contributed by atoms with Crippen LogP contribution in [0.3, 0.4) is 0 Å². The number of carbonyl (C=O) groups is 3. The summed E-state index contributed by atoms with van der Waals surface area (Å²) in [6.07, 6.45) is -0.0988. The molecule has 4 rings (SSSR count). The van der Waals surface area contributed by atoms with Crippen molar-refractivity contribution < 1.29 is 34.1 Å². The van der Waals surface area contributed by atoms with Crippen LogP contribution in [-0.2, 0) is 23.9 Å². The fourth-order valence-electron chi connectivity index (χ4n) is 7.19. The zero-order valence-corrected chi connectivity index (χ0v) is 17.2. The Bertz CT molecular complexity index is 773. The molecule has 4 fully saturated rings. The molecular formula is C22H30O7. The summed E-state index contributed by atoms with van der Waals surface area (Å²) in [5.41, 5.74) is -2.38. The van der Waals surface area contributed by atoms with Crippen molar-refractivity contribution in [1.82, 2.24) is 0 Å². The van der Waals surface area contributed by atoms with E-state index in [0.717, 1.165) is 6.29 Å². The number of aliphatic hydroxyl groups is 2. The van der Waals surface area contributed by atoms with Gasteiger partial charge in [0.15, 0.2) is 0 Å². The highest BCUT2D eigenvalue weighted by atomic mass is 16.6.